The van der Waals surface area contributed by atoms with Crippen LogP contribution in [0.3, 0.4) is 0 Å². The highest BCUT2D eigenvalue weighted by molar-refractivity contribution is 9.10. The predicted molar refractivity (Wildman–Crippen MR) is 108 cm³/mol. The van der Waals surface area contributed by atoms with Crippen molar-refractivity contribution in [1.82, 2.24) is 34.3 Å². The number of benzene rings is 1. The zero-order valence-corrected chi connectivity index (χ0v) is 17.1. The zero-order chi connectivity index (χ0) is 18.8. The fourth-order valence-corrected chi connectivity index (χ4v) is 3.63. The quantitative estimate of drug-likeness (QED) is 0.454. The Bertz CT molecular complexity index is 1090. The first-order valence-electron chi connectivity index (χ1n) is 8.59. The second kappa shape index (κ2) is 7.61. The van der Waals surface area contributed by atoms with Gasteiger partial charge in [-0.05, 0) is 40.1 Å². The Labute approximate surface area is 169 Å². The van der Waals surface area contributed by atoms with Crippen LogP contribution in [0.2, 0.25) is 0 Å². The molecule has 0 aliphatic carbocycles. The van der Waals surface area contributed by atoms with Gasteiger partial charge in [0.15, 0.2) is 10.6 Å². The molecule has 4 rings (SSSR count). The van der Waals surface area contributed by atoms with Crippen molar-refractivity contribution < 1.29 is 0 Å². The van der Waals surface area contributed by atoms with Crippen LogP contribution in [0.15, 0.2) is 59.6 Å². The topological polar surface area (TPSA) is 69.2 Å². The number of hydrogen-bond acceptors (Lipinski definition) is 4. The lowest BCUT2D eigenvalue weighted by atomic mass is 10.2. The van der Waals surface area contributed by atoms with Crippen LogP contribution in [0.1, 0.15) is 30.8 Å². The van der Waals surface area contributed by atoms with Crippen molar-refractivity contribution in [3.63, 3.8) is 0 Å². The van der Waals surface area contributed by atoms with Gasteiger partial charge in [-0.3, -0.25) is 19.0 Å². The number of nitrogens with one attached hydrogen (secondary N) is 1. The van der Waals surface area contributed by atoms with Crippen molar-refractivity contribution in [3.8, 4) is 5.69 Å². The number of aromatic nitrogens is 7. The lowest BCUT2D eigenvalue weighted by Crippen LogP contribution is -2.15. The Balaban J connectivity index is 1.69. The molecule has 0 fully saturated rings. The molecule has 3 heterocycles. The van der Waals surface area contributed by atoms with Crippen molar-refractivity contribution in [2.45, 2.75) is 25.9 Å². The van der Waals surface area contributed by atoms with E-state index in [0.717, 1.165) is 22.4 Å². The Morgan fingerprint density at radius 3 is 2.67 bits per heavy atom. The number of aromatic amines is 1. The maximum atomic E-state index is 5.49. The standard InChI is InChI=1S/C18H18BrN7S/c1-2-16(25-11-14(19)8-21-25)17-22-23-18(27)26(17)15-9-20-24(12-15)10-13-6-4-3-5-7-13/h3-9,11-12,16H,2,10H2,1H3,(H,23,27)/t16-/m1/s1. The molecule has 9 heteroatoms. The molecule has 0 aliphatic heterocycles. The van der Waals surface area contributed by atoms with Gasteiger partial charge in [0.05, 0.1) is 29.1 Å². The van der Waals surface area contributed by atoms with E-state index in [0.29, 0.717) is 11.3 Å². The maximum absolute atomic E-state index is 5.49. The minimum Gasteiger partial charge on any atom is -0.267 e. The first-order chi connectivity index (χ1) is 13.2. The van der Waals surface area contributed by atoms with Gasteiger partial charge in [-0.25, -0.2) is 0 Å². The summed E-state index contributed by atoms with van der Waals surface area (Å²) in [5, 5.41) is 16.3. The van der Waals surface area contributed by atoms with Crippen LogP contribution in [0.5, 0.6) is 0 Å². The average molecular weight is 444 g/mol. The number of rotatable bonds is 6. The first kappa shape index (κ1) is 17.9. The molecule has 0 saturated carbocycles. The van der Waals surface area contributed by atoms with E-state index in [9.17, 15) is 0 Å². The van der Waals surface area contributed by atoms with E-state index in [4.69, 9.17) is 12.2 Å². The first-order valence-corrected chi connectivity index (χ1v) is 9.79. The summed E-state index contributed by atoms with van der Waals surface area (Å²) in [6, 6.07) is 10.2. The summed E-state index contributed by atoms with van der Waals surface area (Å²) >= 11 is 8.94. The summed E-state index contributed by atoms with van der Waals surface area (Å²) in [5.74, 6) is 0.803. The van der Waals surface area contributed by atoms with Gasteiger partial charge in [-0.2, -0.15) is 15.3 Å². The Hall–Kier alpha value is -2.52. The van der Waals surface area contributed by atoms with Crippen LogP contribution < -0.4 is 0 Å². The van der Waals surface area contributed by atoms with E-state index >= 15 is 0 Å². The molecule has 4 aromatic rings. The molecule has 0 aliphatic rings. The van der Waals surface area contributed by atoms with E-state index in [2.05, 4.69) is 55.4 Å². The van der Waals surface area contributed by atoms with E-state index in [1.54, 1.807) is 6.20 Å². The van der Waals surface area contributed by atoms with Gasteiger partial charge in [-0.1, -0.05) is 37.3 Å². The Morgan fingerprint density at radius 2 is 1.96 bits per heavy atom. The molecule has 138 valence electrons. The average Bonchev–Trinajstić information content (AvgIpc) is 3.38. The molecule has 7 nitrogen and oxygen atoms in total. The molecule has 1 atom stereocenters. The SMILES string of the molecule is CC[C@H](c1n[nH]c(=S)n1-c1cnn(Cc2ccccc2)c1)n1cc(Br)cn1. The van der Waals surface area contributed by atoms with Crippen LogP contribution >= 0.6 is 28.1 Å². The monoisotopic (exact) mass is 443 g/mol. The normalized spacial score (nSPS) is 12.4. The number of nitrogens with zero attached hydrogens (tertiary/aromatic N) is 6. The second-order valence-electron chi connectivity index (χ2n) is 6.17. The van der Waals surface area contributed by atoms with Gasteiger partial charge >= 0.3 is 0 Å². The van der Waals surface area contributed by atoms with Gasteiger partial charge in [0.25, 0.3) is 0 Å². The van der Waals surface area contributed by atoms with Crippen molar-refractivity contribution in [2.24, 2.45) is 0 Å². The van der Waals surface area contributed by atoms with Gasteiger partial charge in [-0.15, -0.1) is 0 Å². The minimum absolute atomic E-state index is 0.0401. The predicted octanol–water partition coefficient (Wildman–Crippen LogP) is 4.13. The van der Waals surface area contributed by atoms with Crippen LogP contribution in [0.4, 0.5) is 0 Å². The molecule has 0 saturated heterocycles. The van der Waals surface area contributed by atoms with Crippen LogP contribution in [0, 0.1) is 4.77 Å². The van der Waals surface area contributed by atoms with Crippen LogP contribution in [-0.4, -0.2) is 34.3 Å². The van der Waals surface area contributed by atoms with Crippen molar-refractivity contribution in [3.05, 3.63) is 75.8 Å². The van der Waals surface area contributed by atoms with E-state index in [-0.39, 0.29) is 6.04 Å². The highest BCUT2D eigenvalue weighted by Gasteiger charge is 2.21. The maximum Gasteiger partial charge on any atom is 0.200 e. The van der Waals surface area contributed by atoms with E-state index < -0.39 is 0 Å². The van der Waals surface area contributed by atoms with E-state index in [1.807, 2.05) is 50.7 Å². The molecule has 3 aromatic heterocycles. The highest BCUT2D eigenvalue weighted by Crippen LogP contribution is 2.24. The van der Waals surface area contributed by atoms with E-state index in [1.165, 1.54) is 5.56 Å². The van der Waals surface area contributed by atoms with Crippen LogP contribution in [0.25, 0.3) is 5.69 Å². The molecule has 1 aromatic carbocycles. The molecule has 0 bridgehead atoms. The zero-order valence-electron chi connectivity index (χ0n) is 14.7. The molecular formula is C18H18BrN7S. The Kier molecular flexibility index (Phi) is 5.04. The third-order valence-corrected chi connectivity index (χ3v) is 5.02. The molecule has 0 spiro atoms. The summed E-state index contributed by atoms with van der Waals surface area (Å²) in [4.78, 5) is 0. The summed E-state index contributed by atoms with van der Waals surface area (Å²) in [5.41, 5.74) is 2.07. The van der Waals surface area contributed by atoms with Gasteiger partial charge in [0, 0.05) is 12.4 Å². The van der Waals surface area contributed by atoms with Gasteiger partial charge in [0.1, 0.15) is 6.04 Å². The van der Waals surface area contributed by atoms with Crippen molar-refractivity contribution >= 4 is 28.1 Å². The lowest BCUT2D eigenvalue weighted by Gasteiger charge is -2.15. The van der Waals surface area contributed by atoms with Crippen molar-refractivity contribution in [1.29, 1.82) is 0 Å². The summed E-state index contributed by atoms with van der Waals surface area (Å²) in [6.07, 6.45) is 8.32. The highest BCUT2D eigenvalue weighted by atomic mass is 79.9. The third kappa shape index (κ3) is 3.65. The fourth-order valence-electron chi connectivity index (χ4n) is 3.08. The molecule has 1 N–H and O–H groups in total. The van der Waals surface area contributed by atoms with Crippen molar-refractivity contribution in [2.75, 3.05) is 0 Å². The molecular weight excluding hydrogens is 426 g/mol. The summed E-state index contributed by atoms with van der Waals surface area (Å²) < 4.78 is 7.17. The summed E-state index contributed by atoms with van der Waals surface area (Å²) in [6.45, 7) is 2.80. The fraction of sp³-hybridized carbons (Fsp3) is 0.222. The molecule has 27 heavy (non-hydrogen) atoms. The van der Waals surface area contributed by atoms with Gasteiger partial charge in [0.2, 0.25) is 0 Å². The number of H-pyrrole nitrogens is 1. The third-order valence-electron chi connectivity index (χ3n) is 4.34. The number of hydrogen-bond donors (Lipinski definition) is 1. The summed E-state index contributed by atoms with van der Waals surface area (Å²) in [7, 11) is 0. The second-order valence-corrected chi connectivity index (χ2v) is 7.47. The Morgan fingerprint density at radius 1 is 1.15 bits per heavy atom. The largest absolute Gasteiger partial charge is 0.267 e. The van der Waals surface area contributed by atoms with Crippen LogP contribution in [-0.2, 0) is 6.54 Å². The van der Waals surface area contributed by atoms with Gasteiger partial charge < -0.3 is 0 Å². The minimum atomic E-state index is -0.0401. The lowest BCUT2D eigenvalue weighted by molar-refractivity contribution is 0.477. The smallest absolute Gasteiger partial charge is 0.200 e. The number of halogens is 1. The molecule has 0 unspecified atom stereocenters. The molecule has 0 amide bonds. The molecule has 0 radical (unpaired) electrons.